The summed E-state index contributed by atoms with van der Waals surface area (Å²) in [4.78, 5) is 11.4. The number of alkyl halides is 8. The van der Waals surface area contributed by atoms with Crippen molar-refractivity contribution in [2.75, 3.05) is 6.61 Å². The van der Waals surface area contributed by atoms with E-state index in [1.165, 1.54) is 38.5 Å². The summed E-state index contributed by atoms with van der Waals surface area (Å²) in [6.45, 7) is -0.211. The second-order valence-electron chi connectivity index (χ2n) is 8.20. The Morgan fingerprint density at radius 1 is 0.758 bits per heavy atom. The zero-order valence-corrected chi connectivity index (χ0v) is 19.2. The van der Waals surface area contributed by atoms with Crippen LogP contribution in [0.3, 0.4) is 0 Å². The topological polar surface area (TPSA) is 26.3 Å². The third-order valence-electron chi connectivity index (χ3n) is 5.21. The van der Waals surface area contributed by atoms with Gasteiger partial charge in [0.2, 0.25) is 0 Å². The predicted octanol–water partition coefficient (Wildman–Crippen LogP) is 8.74. The molecule has 2 nitrogen and oxygen atoms in total. The molecule has 0 saturated carbocycles. The van der Waals surface area contributed by atoms with Crippen molar-refractivity contribution in [2.24, 2.45) is 0 Å². The first kappa shape index (κ1) is 31.6. The van der Waals surface area contributed by atoms with E-state index in [0.717, 1.165) is 32.1 Å². The van der Waals surface area contributed by atoms with E-state index in [0.29, 0.717) is 6.42 Å². The van der Waals surface area contributed by atoms with Crippen LogP contribution >= 0.6 is 0 Å². The number of hydrogen-bond donors (Lipinski definition) is 0. The van der Waals surface area contributed by atoms with Gasteiger partial charge in [-0.3, -0.25) is 4.79 Å². The molecule has 0 N–H and O–H groups in total. The minimum absolute atomic E-state index is 0.252. The second-order valence-corrected chi connectivity index (χ2v) is 8.20. The summed E-state index contributed by atoms with van der Waals surface area (Å²) in [5.41, 5.74) is 0. The molecule has 0 aliphatic carbocycles. The summed E-state index contributed by atoms with van der Waals surface area (Å²) in [5.74, 6) is -19.5. The van der Waals surface area contributed by atoms with Crippen molar-refractivity contribution >= 4 is 5.97 Å². The lowest BCUT2D eigenvalue weighted by Crippen LogP contribution is -2.59. The standard InChI is InChI=1S/C23H36F8O2/c1-2-3-4-5-6-7-8-9-10-11-12-13-14-15-16-17-19(32)33-18-21(26,27)23(30,31)22(28,29)20(24)25/h9-10,20H,2-8,11-18H2,1H3/b10-9-. The summed E-state index contributed by atoms with van der Waals surface area (Å²) in [6.07, 6.45) is 11.9. The van der Waals surface area contributed by atoms with Gasteiger partial charge < -0.3 is 4.74 Å². The molecule has 0 aliphatic heterocycles. The Bertz CT molecular complexity index is 551. The summed E-state index contributed by atoms with van der Waals surface area (Å²) in [5, 5.41) is 0. The second kappa shape index (κ2) is 16.3. The predicted molar refractivity (Wildman–Crippen MR) is 111 cm³/mol. The Morgan fingerprint density at radius 3 is 1.70 bits per heavy atom. The number of allylic oxidation sites excluding steroid dienone is 2. The molecule has 0 bridgehead atoms. The highest BCUT2D eigenvalue weighted by Crippen LogP contribution is 2.48. The Morgan fingerprint density at radius 2 is 1.21 bits per heavy atom. The van der Waals surface area contributed by atoms with Gasteiger partial charge in [-0.25, -0.2) is 8.78 Å². The number of esters is 1. The van der Waals surface area contributed by atoms with Crippen LogP contribution in [-0.4, -0.2) is 36.8 Å². The van der Waals surface area contributed by atoms with Gasteiger partial charge in [0, 0.05) is 6.42 Å². The van der Waals surface area contributed by atoms with Crippen LogP contribution in [0.2, 0.25) is 0 Å². The molecule has 0 spiro atoms. The van der Waals surface area contributed by atoms with Crippen molar-refractivity contribution in [2.45, 2.75) is 121 Å². The van der Waals surface area contributed by atoms with Gasteiger partial charge in [-0.15, -0.1) is 0 Å². The maximum absolute atomic E-state index is 13.3. The minimum Gasteiger partial charge on any atom is -0.459 e. The molecule has 0 atom stereocenters. The van der Waals surface area contributed by atoms with Crippen LogP contribution in [-0.2, 0) is 9.53 Å². The summed E-state index contributed by atoms with van der Waals surface area (Å²) < 4.78 is 106. The van der Waals surface area contributed by atoms with E-state index < -0.39 is 36.8 Å². The van der Waals surface area contributed by atoms with Gasteiger partial charge in [0.25, 0.3) is 0 Å². The van der Waals surface area contributed by atoms with Crippen molar-refractivity contribution in [1.82, 2.24) is 0 Å². The Kier molecular flexibility index (Phi) is 15.6. The first-order chi connectivity index (χ1) is 15.4. The number of carbonyl (C=O) groups excluding carboxylic acids is 1. The first-order valence-electron chi connectivity index (χ1n) is 11.6. The van der Waals surface area contributed by atoms with E-state index >= 15 is 0 Å². The van der Waals surface area contributed by atoms with Crippen LogP contribution in [0.15, 0.2) is 12.2 Å². The van der Waals surface area contributed by atoms with Crippen molar-refractivity contribution in [3.05, 3.63) is 12.2 Å². The molecule has 0 saturated heterocycles. The smallest absolute Gasteiger partial charge is 0.381 e. The molecule has 0 unspecified atom stereocenters. The van der Waals surface area contributed by atoms with E-state index in [2.05, 4.69) is 23.8 Å². The van der Waals surface area contributed by atoms with Gasteiger partial charge in [0.1, 0.15) is 0 Å². The van der Waals surface area contributed by atoms with E-state index in [1.807, 2.05) is 0 Å². The lowest BCUT2D eigenvalue weighted by molar-refractivity contribution is -0.344. The van der Waals surface area contributed by atoms with Crippen molar-refractivity contribution in [3.8, 4) is 0 Å². The van der Waals surface area contributed by atoms with Crippen LogP contribution in [0, 0.1) is 0 Å². The van der Waals surface area contributed by atoms with E-state index in [1.54, 1.807) is 0 Å². The first-order valence-corrected chi connectivity index (χ1v) is 11.6. The molecular formula is C23H36F8O2. The maximum atomic E-state index is 13.3. The highest BCUT2D eigenvalue weighted by Gasteiger charge is 2.75. The van der Waals surface area contributed by atoms with Gasteiger partial charge in [0.05, 0.1) is 0 Å². The van der Waals surface area contributed by atoms with Gasteiger partial charge in [-0.2, -0.15) is 26.3 Å². The lowest BCUT2D eigenvalue weighted by Gasteiger charge is -2.31. The highest BCUT2D eigenvalue weighted by molar-refractivity contribution is 5.69. The lowest BCUT2D eigenvalue weighted by atomic mass is 10.1. The maximum Gasteiger partial charge on any atom is 0.381 e. The molecule has 196 valence electrons. The Hall–Kier alpha value is -1.35. The number of unbranched alkanes of at least 4 members (excludes halogenated alkanes) is 11. The number of carbonyl (C=O) groups is 1. The van der Waals surface area contributed by atoms with Gasteiger partial charge >= 0.3 is 30.2 Å². The van der Waals surface area contributed by atoms with Crippen LogP contribution in [0.25, 0.3) is 0 Å². The molecule has 0 aromatic rings. The third kappa shape index (κ3) is 12.1. The van der Waals surface area contributed by atoms with Gasteiger partial charge in [-0.05, 0) is 32.1 Å². The normalized spacial score (nSPS) is 13.3. The van der Waals surface area contributed by atoms with Gasteiger partial charge in [0.15, 0.2) is 6.61 Å². The molecule has 10 heteroatoms. The molecular weight excluding hydrogens is 460 g/mol. The summed E-state index contributed by atoms with van der Waals surface area (Å²) >= 11 is 0. The molecule has 0 amide bonds. The molecule has 0 fully saturated rings. The Balaban J connectivity index is 3.86. The van der Waals surface area contributed by atoms with Gasteiger partial charge in [-0.1, -0.05) is 70.4 Å². The van der Waals surface area contributed by atoms with Crippen LogP contribution in [0.4, 0.5) is 35.1 Å². The fourth-order valence-corrected chi connectivity index (χ4v) is 3.05. The number of ether oxygens (including phenoxy) is 1. The average molecular weight is 497 g/mol. The van der Waals surface area contributed by atoms with Crippen LogP contribution in [0.5, 0.6) is 0 Å². The fraction of sp³-hybridized carbons (Fsp3) is 0.870. The minimum atomic E-state index is -6.36. The molecule has 0 aromatic heterocycles. The van der Waals surface area contributed by atoms with Crippen molar-refractivity contribution in [3.63, 3.8) is 0 Å². The van der Waals surface area contributed by atoms with Crippen molar-refractivity contribution in [1.29, 1.82) is 0 Å². The van der Waals surface area contributed by atoms with Crippen LogP contribution < -0.4 is 0 Å². The molecule has 0 rings (SSSR count). The van der Waals surface area contributed by atoms with E-state index in [4.69, 9.17) is 0 Å². The summed E-state index contributed by atoms with van der Waals surface area (Å²) in [6, 6.07) is 0. The molecule has 0 radical (unpaired) electrons. The summed E-state index contributed by atoms with van der Waals surface area (Å²) in [7, 11) is 0. The van der Waals surface area contributed by atoms with Crippen molar-refractivity contribution < 1.29 is 44.7 Å². The van der Waals surface area contributed by atoms with E-state index in [-0.39, 0.29) is 12.8 Å². The number of halogens is 8. The van der Waals surface area contributed by atoms with E-state index in [9.17, 15) is 39.9 Å². The monoisotopic (exact) mass is 496 g/mol. The zero-order valence-electron chi connectivity index (χ0n) is 19.2. The molecule has 33 heavy (non-hydrogen) atoms. The quantitative estimate of drug-likeness (QED) is 0.0729. The third-order valence-corrected chi connectivity index (χ3v) is 5.21. The SMILES string of the molecule is CCCCCCCC/C=C\CCCCCCCC(=O)OCC(F)(F)C(F)(F)C(F)(F)C(F)F. The number of hydrogen-bond acceptors (Lipinski definition) is 2. The average Bonchev–Trinajstić information content (AvgIpc) is 2.74. The fourth-order valence-electron chi connectivity index (χ4n) is 3.05. The number of rotatable bonds is 20. The molecule has 0 aliphatic rings. The Labute approximate surface area is 191 Å². The zero-order chi connectivity index (χ0) is 25.4. The molecule has 0 heterocycles. The molecule has 0 aromatic carbocycles. The highest BCUT2D eigenvalue weighted by atomic mass is 19.4. The van der Waals surface area contributed by atoms with Crippen LogP contribution in [0.1, 0.15) is 96.8 Å². The largest absolute Gasteiger partial charge is 0.459 e.